The minimum atomic E-state index is 0.00419. The van der Waals surface area contributed by atoms with Crippen LogP contribution in [0.2, 0.25) is 0 Å². The van der Waals surface area contributed by atoms with Crippen molar-refractivity contribution >= 4 is 22.4 Å². The van der Waals surface area contributed by atoms with Gasteiger partial charge in [0.1, 0.15) is 6.04 Å². The quantitative estimate of drug-likeness (QED) is 0.903. The van der Waals surface area contributed by atoms with Crippen LogP contribution in [0.5, 0.6) is 0 Å². The summed E-state index contributed by atoms with van der Waals surface area (Å²) in [4.78, 5) is 23.0. The molecule has 2 aliphatic heterocycles. The lowest BCUT2D eigenvalue weighted by atomic mass is 9.89. The van der Waals surface area contributed by atoms with E-state index in [9.17, 15) is 4.79 Å². The molecule has 3 aliphatic rings. The number of fused-ring (bicyclic) bond motifs is 1. The molecule has 1 aromatic rings. The zero-order chi connectivity index (χ0) is 14.9. The van der Waals surface area contributed by atoms with E-state index in [1.54, 1.807) is 11.3 Å². The molecule has 0 spiro atoms. The third-order valence-corrected chi connectivity index (χ3v) is 6.45. The smallest absolute Gasteiger partial charge is 0.247 e. The van der Waals surface area contributed by atoms with Gasteiger partial charge in [0.15, 0.2) is 5.13 Å². The van der Waals surface area contributed by atoms with Crippen molar-refractivity contribution in [1.29, 1.82) is 0 Å². The SMILES string of the molecule is O=C1[C@@H]2CNCCN2CCN1c1ncc(C2CCCCC2)s1. The lowest BCUT2D eigenvalue weighted by Crippen LogP contribution is -2.64. The number of carbonyl (C=O) groups is 1. The second-order valence-electron chi connectivity index (χ2n) is 6.63. The van der Waals surface area contributed by atoms with Crippen molar-refractivity contribution in [3.05, 3.63) is 11.1 Å². The van der Waals surface area contributed by atoms with E-state index in [0.717, 1.165) is 37.9 Å². The van der Waals surface area contributed by atoms with E-state index < -0.39 is 0 Å². The Hall–Kier alpha value is -0.980. The van der Waals surface area contributed by atoms with E-state index in [-0.39, 0.29) is 11.9 Å². The first-order valence-electron chi connectivity index (χ1n) is 8.55. The lowest BCUT2D eigenvalue weighted by molar-refractivity contribution is -0.126. The number of rotatable bonds is 2. The Morgan fingerprint density at radius 2 is 2.05 bits per heavy atom. The summed E-state index contributed by atoms with van der Waals surface area (Å²) >= 11 is 1.74. The molecule has 4 rings (SSSR count). The molecule has 1 aromatic heterocycles. The molecular formula is C16H24N4OS. The summed E-state index contributed by atoms with van der Waals surface area (Å²) in [5, 5.41) is 4.25. The molecule has 1 atom stereocenters. The summed E-state index contributed by atoms with van der Waals surface area (Å²) in [7, 11) is 0. The van der Waals surface area contributed by atoms with Crippen LogP contribution in [0.25, 0.3) is 0 Å². The average molecular weight is 320 g/mol. The number of carbonyl (C=O) groups excluding carboxylic acids is 1. The maximum atomic E-state index is 12.8. The Morgan fingerprint density at radius 1 is 1.18 bits per heavy atom. The largest absolute Gasteiger partial charge is 0.313 e. The minimum Gasteiger partial charge on any atom is -0.313 e. The van der Waals surface area contributed by atoms with Crippen LogP contribution in [0.4, 0.5) is 5.13 Å². The van der Waals surface area contributed by atoms with E-state index in [1.807, 2.05) is 11.1 Å². The first-order chi connectivity index (χ1) is 10.8. The first kappa shape index (κ1) is 14.6. The fourth-order valence-corrected chi connectivity index (χ4v) is 5.06. The molecular weight excluding hydrogens is 296 g/mol. The molecule has 0 bridgehead atoms. The standard InChI is InChI=1S/C16H24N4OS/c21-15-13-10-17-6-7-19(13)8-9-20(15)16-18-11-14(22-16)12-4-2-1-3-5-12/h11-13,17H,1-10H2/t13-/m0/s1. The van der Waals surface area contributed by atoms with Crippen LogP contribution in [0.1, 0.15) is 42.9 Å². The van der Waals surface area contributed by atoms with Crippen molar-refractivity contribution < 1.29 is 4.79 Å². The van der Waals surface area contributed by atoms with Gasteiger partial charge >= 0.3 is 0 Å². The van der Waals surface area contributed by atoms with Crippen molar-refractivity contribution in [3.63, 3.8) is 0 Å². The van der Waals surface area contributed by atoms with Crippen LogP contribution >= 0.6 is 11.3 Å². The third-order valence-electron chi connectivity index (χ3n) is 5.27. The number of aromatic nitrogens is 1. The molecule has 1 amide bonds. The number of hydrogen-bond donors (Lipinski definition) is 1. The van der Waals surface area contributed by atoms with Crippen LogP contribution in [-0.2, 0) is 4.79 Å². The fourth-order valence-electron chi connectivity index (χ4n) is 3.94. The minimum absolute atomic E-state index is 0.00419. The molecule has 3 fully saturated rings. The highest BCUT2D eigenvalue weighted by atomic mass is 32.1. The maximum Gasteiger partial charge on any atom is 0.247 e. The van der Waals surface area contributed by atoms with E-state index in [1.165, 1.54) is 37.0 Å². The highest BCUT2D eigenvalue weighted by Crippen LogP contribution is 2.38. The van der Waals surface area contributed by atoms with Gasteiger partial charge < -0.3 is 5.32 Å². The van der Waals surface area contributed by atoms with Gasteiger partial charge in [-0.3, -0.25) is 14.6 Å². The second-order valence-corrected chi connectivity index (χ2v) is 7.67. The first-order valence-corrected chi connectivity index (χ1v) is 9.36. The summed E-state index contributed by atoms with van der Waals surface area (Å²) in [5.41, 5.74) is 0. The number of hydrogen-bond acceptors (Lipinski definition) is 5. The number of anilines is 1. The predicted octanol–water partition coefficient (Wildman–Crippen LogP) is 1.81. The lowest BCUT2D eigenvalue weighted by Gasteiger charge is -2.42. The van der Waals surface area contributed by atoms with Crippen LogP contribution in [-0.4, -0.2) is 54.6 Å². The highest BCUT2D eigenvalue weighted by Gasteiger charge is 2.37. The van der Waals surface area contributed by atoms with Crippen molar-refractivity contribution in [2.45, 2.75) is 44.1 Å². The van der Waals surface area contributed by atoms with Crippen LogP contribution in [0.3, 0.4) is 0 Å². The molecule has 3 heterocycles. The topological polar surface area (TPSA) is 48.5 Å². The summed E-state index contributed by atoms with van der Waals surface area (Å²) in [6.07, 6.45) is 8.64. The van der Waals surface area contributed by atoms with Gasteiger partial charge in [-0.1, -0.05) is 19.3 Å². The van der Waals surface area contributed by atoms with E-state index in [0.29, 0.717) is 5.92 Å². The molecule has 1 N–H and O–H groups in total. The second kappa shape index (κ2) is 6.26. The van der Waals surface area contributed by atoms with Gasteiger partial charge in [-0.15, -0.1) is 11.3 Å². The van der Waals surface area contributed by atoms with Gasteiger partial charge in [-0.25, -0.2) is 4.98 Å². The van der Waals surface area contributed by atoms with E-state index in [2.05, 4.69) is 15.2 Å². The molecule has 0 aromatic carbocycles. The zero-order valence-corrected chi connectivity index (χ0v) is 13.8. The van der Waals surface area contributed by atoms with E-state index >= 15 is 0 Å². The Labute approximate surface area is 135 Å². The zero-order valence-electron chi connectivity index (χ0n) is 13.0. The molecule has 5 nitrogen and oxygen atoms in total. The summed E-state index contributed by atoms with van der Waals surface area (Å²) < 4.78 is 0. The maximum absolute atomic E-state index is 12.8. The predicted molar refractivity (Wildman–Crippen MR) is 88.5 cm³/mol. The highest BCUT2D eigenvalue weighted by molar-refractivity contribution is 7.15. The van der Waals surface area contributed by atoms with Crippen LogP contribution in [0.15, 0.2) is 6.20 Å². The average Bonchev–Trinajstić information content (AvgIpc) is 3.06. The number of nitrogens with zero attached hydrogens (tertiary/aromatic N) is 3. The van der Waals surface area contributed by atoms with Crippen LogP contribution in [0, 0.1) is 0 Å². The van der Waals surface area contributed by atoms with Crippen molar-refractivity contribution in [3.8, 4) is 0 Å². The molecule has 6 heteroatoms. The van der Waals surface area contributed by atoms with Gasteiger partial charge in [0.25, 0.3) is 0 Å². The van der Waals surface area contributed by atoms with Crippen LogP contribution < -0.4 is 10.2 Å². The molecule has 2 saturated heterocycles. The summed E-state index contributed by atoms with van der Waals surface area (Å²) in [5.74, 6) is 0.899. The summed E-state index contributed by atoms with van der Waals surface area (Å²) in [6, 6.07) is 0.00419. The molecule has 1 saturated carbocycles. The molecule has 120 valence electrons. The Balaban J connectivity index is 1.49. The number of piperazine rings is 2. The van der Waals surface area contributed by atoms with Crippen molar-refractivity contribution in [1.82, 2.24) is 15.2 Å². The van der Waals surface area contributed by atoms with Gasteiger partial charge in [-0.2, -0.15) is 0 Å². The Bertz CT molecular complexity index is 540. The van der Waals surface area contributed by atoms with Gasteiger partial charge in [-0.05, 0) is 18.8 Å². The Kier molecular flexibility index (Phi) is 4.15. The van der Waals surface area contributed by atoms with Crippen molar-refractivity contribution in [2.75, 3.05) is 37.6 Å². The van der Waals surface area contributed by atoms with Gasteiger partial charge in [0, 0.05) is 43.8 Å². The van der Waals surface area contributed by atoms with Gasteiger partial charge in [0.05, 0.1) is 0 Å². The van der Waals surface area contributed by atoms with Gasteiger partial charge in [0.2, 0.25) is 5.91 Å². The Morgan fingerprint density at radius 3 is 2.91 bits per heavy atom. The molecule has 0 radical (unpaired) electrons. The monoisotopic (exact) mass is 320 g/mol. The summed E-state index contributed by atoms with van der Waals surface area (Å²) in [6.45, 7) is 4.50. The number of thiazole rings is 1. The van der Waals surface area contributed by atoms with E-state index in [4.69, 9.17) is 0 Å². The third kappa shape index (κ3) is 2.68. The molecule has 0 unspecified atom stereocenters. The molecule has 22 heavy (non-hydrogen) atoms. The fraction of sp³-hybridized carbons (Fsp3) is 0.750. The normalized spacial score (nSPS) is 27.9. The van der Waals surface area contributed by atoms with Crippen molar-refractivity contribution in [2.24, 2.45) is 0 Å². The number of amides is 1. The molecule has 1 aliphatic carbocycles. The number of nitrogens with one attached hydrogen (secondary N) is 1.